The molecule has 90 valence electrons. The molecule has 1 aromatic heterocycles. The number of nitrogens with zero attached hydrogens (tertiary/aromatic N) is 2. The van der Waals surface area contributed by atoms with Crippen molar-refractivity contribution in [1.82, 2.24) is 4.98 Å². The van der Waals surface area contributed by atoms with Crippen LogP contribution in [0.4, 0.5) is 5.13 Å². The number of rotatable bonds is 2. The van der Waals surface area contributed by atoms with Gasteiger partial charge in [-0.2, -0.15) is 0 Å². The molecule has 1 N–H and O–H groups in total. The number of piperidine rings is 1. The van der Waals surface area contributed by atoms with Crippen LogP contribution in [0.2, 0.25) is 0 Å². The van der Waals surface area contributed by atoms with E-state index in [1.165, 1.54) is 6.42 Å². The summed E-state index contributed by atoms with van der Waals surface area (Å²) in [7, 11) is 0. The van der Waals surface area contributed by atoms with Gasteiger partial charge in [0.25, 0.3) is 0 Å². The van der Waals surface area contributed by atoms with E-state index in [9.17, 15) is 0 Å². The van der Waals surface area contributed by atoms with E-state index in [0.29, 0.717) is 12.0 Å². The Labute approximate surface area is 101 Å². The fraction of sp³-hybridized carbons (Fsp3) is 0.750. The fourth-order valence-electron chi connectivity index (χ4n) is 2.47. The average Bonchev–Trinajstić information content (AvgIpc) is 2.71. The Kier molecular flexibility index (Phi) is 3.50. The lowest BCUT2D eigenvalue weighted by molar-refractivity contribution is 0.285. The van der Waals surface area contributed by atoms with Gasteiger partial charge in [-0.05, 0) is 25.2 Å². The van der Waals surface area contributed by atoms with Crippen molar-refractivity contribution in [2.75, 3.05) is 11.4 Å². The van der Waals surface area contributed by atoms with Crippen LogP contribution in [0.15, 0.2) is 6.20 Å². The molecule has 0 spiro atoms. The first kappa shape index (κ1) is 11.9. The number of hydrogen-bond acceptors (Lipinski definition) is 4. The maximum Gasteiger partial charge on any atom is 0.185 e. The second-order valence-corrected chi connectivity index (χ2v) is 6.07. The zero-order valence-corrected chi connectivity index (χ0v) is 11.0. The molecule has 3 unspecified atom stereocenters. The van der Waals surface area contributed by atoms with Gasteiger partial charge in [-0.3, -0.25) is 0 Å². The minimum atomic E-state index is 0.102. The molecule has 0 aromatic carbocycles. The van der Waals surface area contributed by atoms with E-state index in [1.54, 1.807) is 17.5 Å². The molecule has 1 saturated heterocycles. The van der Waals surface area contributed by atoms with Gasteiger partial charge in [0.1, 0.15) is 0 Å². The second-order valence-electron chi connectivity index (χ2n) is 4.98. The molecule has 2 heterocycles. The molecule has 1 aromatic rings. The lowest BCUT2D eigenvalue weighted by atomic mass is 9.86. The van der Waals surface area contributed by atoms with Crippen LogP contribution in [0.3, 0.4) is 0 Å². The van der Waals surface area contributed by atoms with Crippen molar-refractivity contribution in [3.8, 4) is 0 Å². The van der Waals surface area contributed by atoms with Gasteiger partial charge in [0.15, 0.2) is 5.13 Å². The van der Waals surface area contributed by atoms with Crippen LogP contribution in [0.1, 0.15) is 32.1 Å². The maximum absolute atomic E-state index is 9.07. The highest BCUT2D eigenvalue weighted by molar-refractivity contribution is 7.15. The van der Waals surface area contributed by atoms with Crippen molar-refractivity contribution in [1.29, 1.82) is 0 Å². The largest absolute Gasteiger partial charge is 0.391 e. The van der Waals surface area contributed by atoms with Crippen LogP contribution in [0.25, 0.3) is 0 Å². The highest BCUT2D eigenvalue weighted by Gasteiger charge is 2.30. The Morgan fingerprint density at radius 3 is 2.88 bits per heavy atom. The van der Waals surface area contributed by atoms with Crippen LogP contribution in [-0.2, 0) is 6.61 Å². The van der Waals surface area contributed by atoms with E-state index < -0.39 is 0 Å². The van der Waals surface area contributed by atoms with Gasteiger partial charge in [-0.1, -0.05) is 25.2 Å². The standard InChI is InChI=1S/C12H20N2OS/c1-8-4-9(2)10(3)14(6-8)12-13-5-11(7-15)16-12/h5,8-10,15H,4,6-7H2,1-3H3. The molecule has 0 aliphatic carbocycles. The molecular weight excluding hydrogens is 220 g/mol. The lowest BCUT2D eigenvalue weighted by Crippen LogP contribution is -2.45. The zero-order chi connectivity index (χ0) is 11.7. The number of aliphatic hydroxyl groups is 1. The molecule has 3 atom stereocenters. The number of aromatic nitrogens is 1. The first-order valence-corrected chi connectivity index (χ1v) is 6.75. The summed E-state index contributed by atoms with van der Waals surface area (Å²) in [5.74, 6) is 1.44. The van der Waals surface area contributed by atoms with Crippen molar-refractivity contribution < 1.29 is 5.11 Å². The first-order chi connectivity index (χ1) is 7.61. The van der Waals surface area contributed by atoms with Crippen LogP contribution >= 0.6 is 11.3 Å². The van der Waals surface area contributed by atoms with Crippen LogP contribution in [0, 0.1) is 11.8 Å². The Morgan fingerprint density at radius 1 is 1.50 bits per heavy atom. The van der Waals surface area contributed by atoms with Crippen molar-refractivity contribution in [3.05, 3.63) is 11.1 Å². The third-order valence-corrected chi connectivity index (χ3v) is 4.56. The Balaban J connectivity index is 2.18. The number of hydrogen-bond donors (Lipinski definition) is 1. The normalized spacial score (nSPS) is 30.8. The molecule has 0 amide bonds. The van der Waals surface area contributed by atoms with Crippen molar-refractivity contribution >= 4 is 16.5 Å². The summed E-state index contributed by atoms with van der Waals surface area (Å²) >= 11 is 1.61. The number of aliphatic hydroxyl groups excluding tert-OH is 1. The van der Waals surface area contributed by atoms with E-state index in [-0.39, 0.29) is 6.61 Å². The summed E-state index contributed by atoms with van der Waals surface area (Å²) in [5.41, 5.74) is 0. The summed E-state index contributed by atoms with van der Waals surface area (Å²) < 4.78 is 0. The molecule has 0 radical (unpaired) electrons. The van der Waals surface area contributed by atoms with Gasteiger partial charge >= 0.3 is 0 Å². The molecule has 0 saturated carbocycles. The molecule has 16 heavy (non-hydrogen) atoms. The smallest absolute Gasteiger partial charge is 0.185 e. The Morgan fingerprint density at radius 2 is 2.25 bits per heavy atom. The molecule has 3 nitrogen and oxygen atoms in total. The number of thiazole rings is 1. The fourth-order valence-corrected chi connectivity index (χ4v) is 3.34. The lowest BCUT2D eigenvalue weighted by Gasteiger charge is -2.41. The Bertz CT molecular complexity index is 353. The van der Waals surface area contributed by atoms with E-state index >= 15 is 0 Å². The minimum Gasteiger partial charge on any atom is -0.391 e. The monoisotopic (exact) mass is 240 g/mol. The summed E-state index contributed by atoms with van der Waals surface area (Å²) in [6, 6.07) is 0.550. The second kappa shape index (κ2) is 4.72. The Hall–Kier alpha value is -0.610. The quantitative estimate of drug-likeness (QED) is 0.863. The highest BCUT2D eigenvalue weighted by Crippen LogP contribution is 2.33. The van der Waals surface area contributed by atoms with E-state index in [2.05, 4.69) is 30.7 Å². The first-order valence-electron chi connectivity index (χ1n) is 5.94. The predicted octanol–water partition coefficient (Wildman–Crippen LogP) is 2.51. The summed E-state index contributed by atoms with van der Waals surface area (Å²) in [6.45, 7) is 8.08. The SMILES string of the molecule is CC1CC(C)C(C)N(c2ncc(CO)s2)C1. The van der Waals surface area contributed by atoms with Crippen molar-refractivity contribution in [2.24, 2.45) is 11.8 Å². The van der Waals surface area contributed by atoms with Gasteiger partial charge in [-0.15, -0.1) is 0 Å². The van der Waals surface area contributed by atoms with Gasteiger partial charge < -0.3 is 10.0 Å². The molecule has 1 fully saturated rings. The van der Waals surface area contributed by atoms with Crippen LogP contribution < -0.4 is 4.90 Å². The molecule has 1 aliphatic heterocycles. The molecular formula is C12H20N2OS. The van der Waals surface area contributed by atoms with Gasteiger partial charge in [0.05, 0.1) is 11.5 Å². The van der Waals surface area contributed by atoms with E-state index in [4.69, 9.17) is 5.11 Å². The molecule has 1 aliphatic rings. The topological polar surface area (TPSA) is 36.4 Å². The van der Waals surface area contributed by atoms with Gasteiger partial charge in [0.2, 0.25) is 0 Å². The average molecular weight is 240 g/mol. The molecule has 4 heteroatoms. The van der Waals surface area contributed by atoms with Crippen LogP contribution in [-0.4, -0.2) is 22.7 Å². The summed E-state index contributed by atoms with van der Waals surface area (Å²) in [4.78, 5) is 7.76. The van der Waals surface area contributed by atoms with Gasteiger partial charge in [-0.25, -0.2) is 4.98 Å². The molecule has 2 rings (SSSR count). The summed E-state index contributed by atoms with van der Waals surface area (Å²) in [6.07, 6.45) is 3.09. The van der Waals surface area contributed by atoms with Crippen LogP contribution in [0.5, 0.6) is 0 Å². The van der Waals surface area contributed by atoms with Gasteiger partial charge in [0, 0.05) is 18.8 Å². The zero-order valence-electron chi connectivity index (χ0n) is 10.2. The van der Waals surface area contributed by atoms with Crippen molar-refractivity contribution in [2.45, 2.75) is 39.8 Å². The highest BCUT2D eigenvalue weighted by atomic mass is 32.1. The summed E-state index contributed by atoms with van der Waals surface area (Å²) in [5, 5.41) is 10.1. The van der Waals surface area contributed by atoms with E-state index in [0.717, 1.165) is 22.5 Å². The third kappa shape index (κ3) is 2.23. The maximum atomic E-state index is 9.07. The third-order valence-electron chi connectivity index (χ3n) is 3.54. The predicted molar refractivity (Wildman–Crippen MR) is 67.8 cm³/mol. The van der Waals surface area contributed by atoms with Crippen molar-refractivity contribution in [3.63, 3.8) is 0 Å². The minimum absolute atomic E-state index is 0.102. The number of anilines is 1. The molecule has 0 bridgehead atoms. The van der Waals surface area contributed by atoms with E-state index in [1.807, 2.05) is 0 Å².